The van der Waals surface area contributed by atoms with E-state index in [4.69, 9.17) is 9.72 Å². The van der Waals surface area contributed by atoms with Crippen molar-refractivity contribution >= 4 is 32.6 Å². The molecule has 1 aromatic carbocycles. The van der Waals surface area contributed by atoms with Crippen molar-refractivity contribution in [2.24, 2.45) is 5.92 Å². The van der Waals surface area contributed by atoms with Crippen molar-refractivity contribution < 1.29 is 9.53 Å². The molecule has 2 aliphatic rings. The van der Waals surface area contributed by atoms with Crippen molar-refractivity contribution in [1.29, 1.82) is 0 Å². The molecule has 5 nitrogen and oxygen atoms in total. The van der Waals surface area contributed by atoms with Gasteiger partial charge in [0, 0.05) is 19.6 Å². The number of benzene rings is 1. The minimum atomic E-state index is 0.0510. The minimum absolute atomic E-state index is 0.0510. The fourth-order valence-electron chi connectivity index (χ4n) is 4.27. The molecule has 1 N–H and O–H groups in total. The van der Waals surface area contributed by atoms with Gasteiger partial charge < -0.3 is 15.0 Å². The van der Waals surface area contributed by atoms with Gasteiger partial charge in [-0.1, -0.05) is 23.0 Å². The average molecular weight is 414 g/mol. The molecule has 29 heavy (non-hydrogen) atoms. The monoisotopic (exact) mass is 413 g/mol. The summed E-state index contributed by atoms with van der Waals surface area (Å²) in [5.41, 5.74) is 2.52. The number of amides is 1. The predicted molar refractivity (Wildman–Crippen MR) is 120 cm³/mol. The Hall–Kier alpha value is -2.08. The zero-order valence-electron chi connectivity index (χ0n) is 17.3. The lowest BCUT2D eigenvalue weighted by atomic mass is 9.96. The number of carbonyl (C=O) groups is 1. The minimum Gasteiger partial charge on any atom is -0.494 e. The van der Waals surface area contributed by atoms with Crippen LogP contribution in [0.1, 0.15) is 51.9 Å². The van der Waals surface area contributed by atoms with Crippen LogP contribution in [0, 0.1) is 5.92 Å². The first-order valence-electron chi connectivity index (χ1n) is 11.0. The third-order valence-corrected chi connectivity index (χ3v) is 6.93. The van der Waals surface area contributed by atoms with E-state index in [2.05, 4.69) is 22.4 Å². The molecule has 4 rings (SSSR count). The molecule has 1 aliphatic heterocycles. The van der Waals surface area contributed by atoms with E-state index in [9.17, 15) is 4.79 Å². The molecule has 156 valence electrons. The number of thiazole rings is 1. The number of fused-ring (bicyclic) bond motifs is 1. The SMILES string of the molecule is CCOc1ccc2nc(N3CCCC(C(=O)NCCC4=CCCCC4)C3)sc2c1. The van der Waals surface area contributed by atoms with Crippen LogP contribution >= 0.6 is 11.3 Å². The van der Waals surface area contributed by atoms with E-state index >= 15 is 0 Å². The maximum atomic E-state index is 12.7. The van der Waals surface area contributed by atoms with Crippen LogP contribution in [0.5, 0.6) is 5.75 Å². The maximum Gasteiger partial charge on any atom is 0.224 e. The Morgan fingerprint density at radius 2 is 2.28 bits per heavy atom. The second kappa shape index (κ2) is 9.61. The fraction of sp³-hybridized carbons (Fsp3) is 0.565. The molecule has 1 fully saturated rings. The van der Waals surface area contributed by atoms with Gasteiger partial charge in [0.1, 0.15) is 5.75 Å². The average Bonchev–Trinajstić information content (AvgIpc) is 3.18. The van der Waals surface area contributed by atoms with Crippen LogP contribution in [-0.4, -0.2) is 37.1 Å². The number of allylic oxidation sites excluding steroid dienone is 1. The van der Waals surface area contributed by atoms with E-state index in [1.54, 1.807) is 11.3 Å². The lowest BCUT2D eigenvalue weighted by Crippen LogP contribution is -2.43. The molecule has 0 bridgehead atoms. The van der Waals surface area contributed by atoms with Crippen molar-refractivity contribution in [2.45, 2.75) is 51.9 Å². The van der Waals surface area contributed by atoms with Crippen molar-refractivity contribution in [3.8, 4) is 5.75 Å². The number of nitrogens with zero attached hydrogens (tertiary/aromatic N) is 2. The van der Waals surface area contributed by atoms with Crippen LogP contribution in [0.2, 0.25) is 0 Å². The largest absolute Gasteiger partial charge is 0.494 e. The van der Waals surface area contributed by atoms with Crippen molar-refractivity contribution in [3.63, 3.8) is 0 Å². The third-order valence-electron chi connectivity index (χ3n) is 5.85. The van der Waals surface area contributed by atoms with Gasteiger partial charge in [-0.25, -0.2) is 4.98 Å². The van der Waals surface area contributed by atoms with Crippen molar-refractivity contribution in [2.75, 3.05) is 31.1 Å². The predicted octanol–water partition coefficient (Wildman–Crippen LogP) is 4.92. The molecular formula is C23H31N3O2S. The summed E-state index contributed by atoms with van der Waals surface area (Å²) >= 11 is 1.69. The smallest absolute Gasteiger partial charge is 0.224 e. The van der Waals surface area contributed by atoms with Gasteiger partial charge in [0.05, 0.1) is 22.7 Å². The highest BCUT2D eigenvalue weighted by molar-refractivity contribution is 7.22. The topological polar surface area (TPSA) is 54.5 Å². The van der Waals surface area contributed by atoms with Gasteiger partial charge >= 0.3 is 0 Å². The second-order valence-electron chi connectivity index (χ2n) is 7.99. The standard InChI is InChI=1S/C23H31N3O2S/c1-2-28-19-10-11-20-21(15-19)29-23(25-20)26-14-6-9-18(16-26)22(27)24-13-12-17-7-4-3-5-8-17/h7,10-11,15,18H,2-6,8-9,12-14,16H2,1H3,(H,24,27). The van der Waals surface area contributed by atoms with Gasteiger partial charge in [-0.15, -0.1) is 0 Å². The van der Waals surface area contributed by atoms with E-state index < -0.39 is 0 Å². The molecule has 6 heteroatoms. The van der Waals surface area contributed by atoms with Crippen molar-refractivity contribution in [3.05, 3.63) is 29.8 Å². The van der Waals surface area contributed by atoms with Gasteiger partial charge in [0.25, 0.3) is 0 Å². The normalized spacial score (nSPS) is 19.8. The molecular weight excluding hydrogens is 382 g/mol. The molecule has 1 amide bonds. The molecule has 2 aromatic rings. The molecule has 1 unspecified atom stereocenters. The Bertz CT molecular complexity index is 876. The molecule has 0 spiro atoms. The number of piperidine rings is 1. The molecule has 1 saturated heterocycles. The fourth-order valence-corrected chi connectivity index (χ4v) is 5.30. The summed E-state index contributed by atoms with van der Waals surface area (Å²) in [5, 5.41) is 4.19. The summed E-state index contributed by atoms with van der Waals surface area (Å²) in [6, 6.07) is 6.06. The van der Waals surface area contributed by atoms with Gasteiger partial charge in [-0.3, -0.25) is 4.79 Å². The van der Waals surface area contributed by atoms with Crippen LogP contribution in [0.25, 0.3) is 10.2 Å². The Labute approximate surface area is 177 Å². The number of rotatable bonds is 7. The first-order valence-corrected chi connectivity index (χ1v) is 11.8. The summed E-state index contributed by atoms with van der Waals surface area (Å²) in [5.74, 6) is 1.14. The first-order chi connectivity index (χ1) is 14.2. The number of hydrogen-bond acceptors (Lipinski definition) is 5. The molecule has 1 atom stereocenters. The quantitative estimate of drug-likeness (QED) is 0.655. The van der Waals surface area contributed by atoms with Crippen LogP contribution in [0.3, 0.4) is 0 Å². The number of hydrogen-bond donors (Lipinski definition) is 1. The maximum absolute atomic E-state index is 12.7. The van der Waals surface area contributed by atoms with Crippen LogP contribution in [-0.2, 0) is 4.79 Å². The van der Waals surface area contributed by atoms with Crippen LogP contribution in [0.4, 0.5) is 5.13 Å². The molecule has 0 radical (unpaired) electrons. The molecule has 1 aromatic heterocycles. The summed E-state index contributed by atoms with van der Waals surface area (Å²) in [6.45, 7) is 5.15. The van der Waals surface area contributed by atoms with E-state index in [1.807, 2.05) is 19.1 Å². The zero-order chi connectivity index (χ0) is 20.1. The summed E-state index contributed by atoms with van der Waals surface area (Å²) in [6.07, 6.45) is 10.4. The van der Waals surface area contributed by atoms with Crippen molar-refractivity contribution in [1.82, 2.24) is 10.3 Å². The van der Waals surface area contributed by atoms with E-state index in [0.717, 1.165) is 60.0 Å². The molecule has 1 aliphatic carbocycles. The highest BCUT2D eigenvalue weighted by Crippen LogP contribution is 2.33. The molecule has 0 saturated carbocycles. The Balaban J connectivity index is 1.34. The van der Waals surface area contributed by atoms with Gasteiger partial charge in [-0.2, -0.15) is 0 Å². The Kier molecular flexibility index (Phi) is 6.70. The van der Waals surface area contributed by atoms with E-state index in [1.165, 1.54) is 31.3 Å². The Morgan fingerprint density at radius 3 is 3.10 bits per heavy atom. The highest BCUT2D eigenvalue weighted by Gasteiger charge is 2.27. The number of nitrogens with one attached hydrogen (secondary N) is 1. The number of aromatic nitrogens is 1. The second-order valence-corrected chi connectivity index (χ2v) is 9.00. The molecule has 2 heterocycles. The van der Waals surface area contributed by atoms with Crippen LogP contribution < -0.4 is 15.0 Å². The summed E-state index contributed by atoms with van der Waals surface area (Å²) < 4.78 is 6.74. The van der Waals surface area contributed by atoms with Gasteiger partial charge in [-0.05, 0) is 70.1 Å². The lowest BCUT2D eigenvalue weighted by molar-refractivity contribution is -0.125. The number of ether oxygens (including phenoxy) is 1. The summed E-state index contributed by atoms with van der Waals surface area (Å²) in [7, 11) is 0. The lowest BCUT2D eigenvalue weighted by Gasteiger charge is -2.31. The van der Waals surface area contributed by atoms with E-state index in [-0.39, 0.29) is 11.8 Å². The Morgan fingerprint density at radius 1 is 1.34 bits per heavy atom. The van der Waals surface area contributed by atoms with Crippen LogP contribution in [0.15, 0.2) is 29.8 Å². The first kappa shape index (κ1) is 20.2. The zero-order valence-corrected chi connectivity index (χ0v) is 18.1. The number of anilines is 1. The van der Waals surface area contributed by atoms with Gasteiger partial charge in [0.15, 0.2) is 5.13 Å². The highest BCUT2D eigenvalue weighted by atomic mass is 32.1. The number of carbonyl (C=O) groups excluding carboxylic acids is 1. The van der Waals surface area contributed by atoms with E-state index in [0.29, 0.717) is 6.61 Å². The third kappa shape index (κ3) is 5.10. The summed E-state index contributed by atoms with van der Waals surface area (Å²) in [4.78, 5) is 19.8. The van der Waals surface area contributed by atoms with Gasteiger partial charge in [0.2, 0.25) is 5.91 Å².